The number of fused-ring (bicyclic) bond motifs is 1. The molecule has 3 N–H and O–H groups in total. The van der Waals surface area contributed by atoms with Crippen LogP contribution in [0.1, 0.15) is 12.8 Å². The second-order valence-electron chi connectivity index (χ2n) is 5.65. The Morgan fingerprint density at radius 1 is 1.22 bits per heavy atom. The second kappa shape index (κ2) is 5.75. The predicted molar refractivity (Wildman–Crippen MR) is 88.4 cm³/mol. The molecule has 0 spiro atoms. The van der Waals surface area contributed by atoms with Crippen LogP contribution in [-0.4, -0.2) is 39.1 Å². The average molecular weight is 310 g/mol. The maximum atomic E-state index is 6.06. The topological polar surface area (TPSA) is 92.9 Å². The summed E-state index contributed by atoms with van der Waals surface area (Å²) in [6.45, 7) is 1.63. The fourth-order valence-electron chi connectivity index (χ4n) is 2.89. The van der Waals surface area contributed by atoms with Crippen molar-refractivity contribution < 1.29 is 4.74 Å². The monoisotopic (exact) mass is 310 g/mol. The molecular formula is C16H18N6O. The first kappa shape index (κ1) is 13.8. The third kappa shape index (κ3) is 2.77. The van der Waals surface area contributed by atoms with E-state index in [-0.39, 0.29) is 6.10 Å². The van der Waals surface area contributed by atoms with Crippen LogP contribution in [0.4, 0.5) is 11.8 Å². The highest BCUT2D eigenvalue weighted by molar-refractivity contribution is 5.82. The number of para-hydroxylation sites is 1. The molecule has 1 fully saturated rings. The van der Waals surface area contributed by atoms with Gasteiger partial charge in [-0.25, -0.2) is 4.98 Å². The van der Waals surface area contributed by atoms with Crippen molar-refractivity contribution in [3.05, 3.63) is 36.7 Å². The van der Waals surface area contributed by atoms with Crippen LogP contribution in [0, 0.1) is 0 Å². The summed E-state index contributed by atoms with van der Waals surface area (Å²) in [6.07, 6.45) is 3.74. The molecule has 0 aliphatic carbocycles. The molecule has 0 saturated carbocycles. The Bertz CT molecular complexity index is 803. The van der Waals surface area contributed by atoms with Crippen molar-refractivity contribution in [2.24, 2.45) is 0 Å². The maximum absolute atomic E-state index is 6.06. The molecule has 0 bridgehead atoms. The van der Waals surface area contributed by atoms with E-state index in [2.05, 4.69) is 24.8 Å². The molecule has 7 nitrogen and oxygen atoms in total. The SMILES string of the molecule is Nc1nc(N2CCCC(Oc3ccccc3)C2)nc2nc[nH]c12. The standard InChI is InChI=1S/C16H18N6O/c17-14-13-15(19-10-18-13)21-16(20-14)22-8-4-7-12(9-22)23-11-5-2-1-3-6-11/h1-3,5-6,10,12H,4,7-9H2,(H3,17,18,19,20,21). The van der Waals surface area contributed by atoms with E-state index in [0.29, 0.717) is 22.9 Å². The minimum absolute atomic E-state index is 0.117. The molecule has 3 aromatic rings. The largest absolute Gasteiger partial charge is 0.489 e. The lowest BCUT2D eigenvalue weighted by Crippen LogP contribution is -2.42. The number of anilines is 2. The van der Waals surface area contributed by atoms with Crippen molar-refractivity contribution in [1.82, 2.24) is 19.9 Å². The molecule has 1 aliphatic heterocycles. The highest BCUT2D eigenvalue weighted by Gasteiger charge is 2.24. The first-order valence-corrected chi connectivity index (χ1v) is 7.73. The Labute approximate surface area is 133 Å². The number of ether oxygens (including phenoxy) is 1. The normalized spacial score (nSPS) is 18.3. The van der Waals surface area contributed by atoms with E-state index >= 15 is 0 Å². The number of aromatic amines is 1. The van der Waals surface area contributed by atoms with E-state index in [4.69, 9.17) is 10.5 Å². The average Bonchev–Trinajstić information content (AvgIpc) is 3.05. The van der Waals surface area contributed by atoms with Gasteiger partial charge in [-0.2, -0.15) is 9.97 Å². The van der Waals surface area contributed by atoms with E-state index in [1.54, 1.807) is 6.33 Å². The number of aromatic nitrogens is 4. The zero-order valence-electron chi connectivity index (χ0n) is 12.6. The Kier molecular flexibility index (Phi) is 3.45. The van der Waals surface area contributed by atoms with Crippen LogP contribution in [-0.2, 0) is 0 Å². The van der Waals surface area contributed by atoms with Crippen LogP contribution < -0.4 is 15.4 Å². The molecule has 7 heteroatoms. The van der Waals surface area contributed by atoms with Crippen molar-refractivity contribution >= 4 is 22.9 Å². The molecule has 118 valence electrons. The number of benzene rings is 1. The number of hydrogen-bond acceptors (Lipinski definition) is 6. The third-order valence-corrected chi connectivity index (χ3v) is 4.01. The number of imidazole rings is 1. The van der Waals surface area contributed by atoms with Gasteiger partial charge in [-0.15, -0.1) is 0 Å². The molecule has 4 rings (SSSR count). The summed E-state index contributed by atoms with van der Waals surface area (Å²) in [5, 5.41) is 0. The molecule has 0 radical (unpaired) electrons. The van der Waals surface area contributed by atoms with Gasteiger partial charge in [-0.3, -0.25) is 0 Å². The summed E-state index contributed by atoms with van der Waals surface area (Å²) in [7, 11) is 0. The van der Waals surface area contributed by atoms with E-state index in [1.165, 1.54) is 0 Å². The minimum Gasteiger partial charge on any atom is -0.489 e. The Morgan fingerprint density at radius 3 is 2.96 bits per heavy atom. The quantitative estimate of drug-likeness (QED) is 0.768. The van der Waals surface area contributed by atoms with Crippen molar-refractivity contribution in [2.75, 3.05) is 23.7 Å². The highest BCUT2D eigenvalue weighted by Crippen LogP contribution is 2.23. The van der Waals surface area contributed by atoms with Crippen molar-refractivity contribution in [3.8, 4) is 5.75 Å². The van der Waals surface area contributed by atoms with Gasteiger partial charge in [0.1, 0.15) is 17.4 Å². The lowest BCUT2D eigenvalue weighted by molar-refractivity contribution is 0.178. The Balaban J connectivity index is 1.54. The number of H-pyrrole nitrogens is 1. The molecule has 3 heterocycles. The van der Waals surface area contributed by atoms with Gasteiger partial charge in [0, 0.05) is 6.54 Å². The molecule has 1 aromatic carbocycles. The van der Waals surface area contributed by atoms with Crippen LogP contribution >= 0.6 is 0 Å². The zero-order chi connectivity index (χ0) is 15.6. The summed E-state index contributed by atoms with van der Waals surface area (Å²) in [5.41, 5.74) is 7.27. The lowest BCUT2D eigenvalue weighted by atomic mass is 10.1. The highest BCUT2D eigenvalue weighted by atomic mass is 16.5. The van der Waals surface area contributed by atoms with Crippen LogP contribution in [0.2, 0.25) is 0 Å². The molecule has 2 aromatic heterocycles. The molecule has 0 amide bonds. The first-order chi connectivity index (χ1) is 11.3. The zero-order valence-corrected chi connectivity index (χ0v) is 12.6. The fourth-order valence-corrected chi connectivity index (χ4v) is 2.89. The fraction of sp³-hybridized carbons (Fsp3) is 0.312. The summed E-state index contributed by atoms with van der Waals surface area (Å²) in [4.78, 5) is 18.1. The first-order valence-electron chi connectivity index (χ1n) is 7.73. The molecular weight excluding hydrogens is 292 g/mol. The van der Waals surface area contributed by atoms with Crippen LogP contribution in [0.3, 0.4) is 0 Å². The van der Waals surface area contributed by atoms with Gasteiger partial charge in [0.15, 0.2) is 11.5 Å². The molecule has 1 atom stereocenters. The van der Waals surface area contributed by atoms with Gasteiger partial charge in [0.25, 0.3) is 0 Å². The number of nitrogen functional groups attached to an aromatic ring is 1. The molecule has 1 aliphatic rings. The molecule has 1 unspecified atom stereocenters. The van der Waals surface area contributed by atoms with Crippen molar-refractivity contribution in [3.63, 3.8) is 0 Å². The second-order valence-corrected chi connectivity index (χ2v) is 5.65. The summed E-state index contributed by atoms with van der Waals surface area (Å²) in [6, 6.07) is 9.89. The smallest absolute Gasteiger partial charge is 0.229 e. The van der Waals surface area contributed by atoms with Crippen LogP contribution in [0.25, 0.3) is 11.2 Å². The Hall–Kier alpha value is -2.83. The number of nitrogens with one attached hydrogen (secondary N) is 1. The molecule has 23 heavy (non-hydrogen) atoms. The van der Waals surface area contributed by atoms with Gasteiger partial charge >= 0.3 is 0 Å². The summed E-state index contributed by atoms with van der Waals surface area (Å²) < 4.78 is 6.06. The van der Waals surface area contributed by atoms with Crippen molar-refractivity contribution in [1.29, 1.82) is 0 Å². The van der Waals surface area contributed by atoms with Crippen LogP contribution in [0.15, 0.2) is 36.7 Å². The van der Waals surface area contributed by atoms with Gasteiger partial charge in [-0.05, 0) is 25.0 Å². The number of piperidine rings is 1. The van der Waals surface area contributed by atoms with Gasteiger partial charge in [-0.1, -0.05) is 18.2 Å². The predicted octanol–water partition coefficient (Wildman–Crippen LogP) is 1.98. The molecule has 1 saturated heterocycles. The van der Waals surface area contributed by atoms with Gasteiger partial charge in [0.2, 0.25) is 5.95 Å². The van der Waals surface area contributed by atoms with Gasteiger partial charge in [0.05, 0.1) is 12.9 Å². The summed E-state index contributed by atoms with van der Waals surface area (Å²) >= 11 is 0. The maximum Gasteiger partial charge on any atom is 0.229 e. The van der Waals surface area contributed by atoms with Crippen LogP contribution in [0.5, 0.6) is 5.75 Å². The number of nitrogens with two attached hydrogens (primary N) is 1. The number of hydrogen-bond donors (Lipinski definition) is 2. The van der Waals surface area contributed by atoms with E-state index in [0.717, 1.165) is 31.7 Å². The van der Waals surface area contributed by atoms with E-state index in [9.17, 15) is 0 Å². The van der Waals surface area contributed by atoms with Gasteiger partial charge < -0.3 is 20.4 Å². The minimum atomic E-state index is 0.117. The van der Waals surface area contributed by atoms with Crippen molar-refractivity contribution in [2.45, 2.75) is 18.9 Å². The number of rotatable bonds is 3. The lowest BCUT2D eigenvalue weighted by Gasteiger charge is -2.32. The Morgan fingerprint density at radius 2 is 2.09 bits per heavy atom. The third-order valence-electron chi connectivity index (χ3n) is 4.01. The van der Waals surface area contributed by atoms with E-state index < -0.39 is 0 Å². The summed E-state index contributed by atoms with van der Waals surface area (Å²) in [5.74, 6) is 1.93. The van der Waals surface area contributed by atoms with E-state index in [1.807, 2.05) is 30.3 Å². The number of nitrogens with zero attached hydrogens (tertiary/aromatic N) is 4.